The Morgan fingerprint density at radius 1 is 1.17 bits per heavy atom. The van der Waals surface area contributed by atoms with Gasteiger partial charge in [-0.15, -0.1) is 0 Å². The first-order valence-corrected chi connectivity index (χ1v) is 7.96. The molecule has 0 fully saturated rings. The van der Waals surface area contributed by atoms with Crippen LogP contribution in [0.5, 0.6) is 11.6 Å². The van der Waals surface area contributed by atoms with Gasteiger partial charge >= 0.3 is 0 Å². The fourth-order valence-corrected chi connectivity index (χ4v) is 2.59. The van der Waals surface area contributed by atoms with Gasteiger partial charge in [-0.2, -0.15) is 0 Å². The van der Waals surface area contributed by atoms with Crippen LogP contribution in [0.15, 0.2) is 48.9 Å². The molecule has 0 aliphatic carbocycles. The van der Waals surface area contributed by atoms with Gasteiger partial charge in [-0.05, 0) is 37.6 Å². The second-order valence-corrected chi connectivity index (χ2v) is 5.51. The van der Waals surface area contributed by atoms with E-state index in [1.165, 1.54) is 0 Å². The largest absolute Gasteiger partial charge is 0.495 e. The first-order valence-electron chi connectivity index (χ1n) is 7.96. The maximum Gasteiger partial charge on any atom is 0.213 e. The van der Waals surface area contributed by atoms with Crippen molar-refractivity contribution in [2.45, 2.75) is 20.3 Å². The number of pyridine rings is 1. The van der Waals surface area contributed by atoms with Crippen molar-refractivity contribution in [3.63, 3.8) is 0 Å². The van der Waals surface area contributed by atoms with Crippen LogP contribution in [-0.4, -0.2) is 28.3 Å². The van der Waals surface area contributed by atoms with Crippen molar-refractivity contribution in [3.8, 4) is 17.3 Å². The van der Waals surface area contributed by atoms with Gasteiger partial charge in [0.1, 0.15) is 5.75 Å². The van der Waals surface area contributed by atoms with Crippen LogP contribution in [-0.2, 0) is 6.42 Å². The van der Waals surface area contributed by atoms with E-state index in [1.807, 2.05) is 54.9 Å². The SMILES string of the molecule is CCOc1cccc(Cc2ccc(-n3cnc(C)c3)c(OC)c2)n1. The minimum atomic E-state index is 0.614. The van der Waals surface area contributed by atoms with Gasteiger partial charge in [-0.1, -0.05) is 12.1 Å². The Morgan fingerprint density at radius 3 is 2.75 bits per heavy atom. The molecule has 124 valence electrons. The summed E-state index contributed by atoms with van der Waals surface area (Å²) < 4.78 is 13.0. The third kappa shape index (κ3) is 3.56. The Labute approximate surface area is 141 Å². The topological polar surface area (TPSA) is 49.2 Å². The van der Waals surface area contributed by atoms with Crippen LogP contribution in [0.2, 0.25) is 0 Å². The highest BCUT2D eigenvalue weighted by Gasteiger charge is 2.08. The predicted octanol–water partition coefficient (Wildman–Crippen LogP) is 3.57. The molecule has 0 atom stereocenters. The second kappa shape index (κ2) is 7.17. The summed E-state index contributed by atoms with van der Waals surface area (Å²) in [4.78, 5) is 8.79. The molecule has 0 bridgehead atoms. The van der Waals surface area contributed by atoms with Crippen LogP contribution in [0.25, 0.3) is 5.69 Å². The zero-order valence-electron chi connectivity index (χ0n) is 14.2. The summed E-state index contributed by atoms with van der Waals surface area (Å²) in [7, 11) is 1.68. The number of methoxy groups -OCH3 is 1. The van der Waals surface area contributed by atoms with E-state index in [2.05, 4.69) is 16.0 Å². The number of rotatable bonds is 6. The number of hydrogen-bond acceptors (Lipinski definition) is 4. The monoisotopic (exact) mass is 323 g/mol. The van der Waals surface area contributed by atoms with Crippen molar-refractivity contribution in [1.82, 2.24) is 14.5 Å². The van der Waals surface area contributed by atoms with Gasteiger partial charge in [0, 0.05) is 24.4 Å². The zero-order valence-corrected chi connectivity index (χ0v) is 14.2. The number of benzene rings is 1. The fourth-order valence-electron chi connectivity index (χ4n) is 2.59. The molecule has 0 saturated carbocycles. The van der Waals surface area contributed by atoms with Crippen LogP contribution in [0.3, 0.4) is 0 Å². The van der Waals surface area contributed by atoms with Gasteiger partial charge in [0.15, 0.2) is 0 Å². The van der Waals surface area contributed by atoms with Crippen LogP contribution in [0.4, 0.5) is 0 Å². The summed E-state index contributed by atoms with van der Waals surface area (Å²) in [6, 6.07) is 12.0. The van der Waals surface area contributed by atoms with E-state index in [0.29, 0.717) is 12.5 Å². The van der Waals surface area contributed by atoms with Gasteiger partial charge in [-0.3, -0.25) is 0 Å². The molecule has 0 amide bonds. The Balaban J connectivity index is 1.86. The smallest absolute Gasteiger partial charge is 0.213 e. The number of nitrogens with zero attached hydrogens (tertiary/aromatic N) is 3. The Kier molecular flexibility index (Phi) is 4.79. The predicted molar refractivity (Wildman–Crippen MR) is 93.1 cm³/mol. The maximum atomic E-state index is 5.56. The number of imidazole rings is 1. The van der Waals surface area contributed by atoms with Gasteiger partial charge < -0.3 is 14.0 Å². The number of ether oxygens (including phenoxy) is 2. The van der Waals surface area contributed by atoms with Crippen LogP contribution >= 0.6 is 0 Å². The lowest BCUT2D eigenvalue weighted by atomic mass is 10.1. The van der Waals surface area contributed by atoms with Crippen molar-refractivity contribution in [2.75, 3.05) is 13.7 Å². The molecule has 0 aliphatic rings. The molecule has 0 radical (unpaired) electrons. The first-order chi connectivity index (χ1) is 11.7. The van der Waals surface area contributed by atoms with Crippen molar-refractivity contribution in [3.05, 3.63) is 65.9 Å². The van der Waals surface area contributed by atoms with Crippen molar-refractivity contribution < 1.29 is 9.47 Å². The minimum Gasteiger partial charge on any atom is -0.495 e. The van der Waals surface area contributed by atoms with E-state index in [4.69, 9.17) is 9.47 Å². The molecular formula is C19H21N3O2. The average Bonchev–Trinajstić information content (AvgIpc) is 3.01. The number of hydrogen-bond donors (Lipinski definition) is 0. The average molecular weight is 323 g/mol. The summed E-state index contributed by atoms with van der Waals surface area (Å²) >= 11 is 0. The molecule has 5 nitrogen and oxygen atoms in total. The van der Waals surface area contributed by atoms with E-state index < -0.39 is 0 Å². The van der Waals surface area contributed by atoms with Gasteiger partial charge in [0.05, 0.1) is 31.4 Å². The molecule has 0 N–H and O–H groups in total. The third-order valence-electron chi connectivity index (χ3n) is 3.69. The normalized spacial score (nSPS) is 10.6. The van der Waals surface area contributed by atoms with Crippen molar-refractivity contribution >= 4 is 0 Å². The molecule has 0 unspecified atom stereocenters. The summed E-state index contributed by atoms with van der Waals surface area (Å²) in [5, 5.41) is 0. The molecule has 0 aliphatic heterocycles. The molecule has 1 aromatic carbocycles. The summed E-state index contributed by atoms with van der Waals surface area (Å²) in [6.07, 6.45) is 4.49. The first kappa shape index (κ1) is 16.1. The second-order valence-electron chi connectivity index (χ2n) is 5.51. The lowest BCUT2D eigenvalue weighted by Gasteiger charge is -2.11. The third-order valence-corrected chi connectivity index (χ3v) is 3.69. The van der Waals surface area contributed by atoms with Gasteiger partial charge in [0.25, 0.3) is 0 Å². The standard InChI is InChI=1S/C19H21N3O2/c1-4-24-19-7-5-6-16(21-19)10-15-8-9-17(18(11-15)23-3)22-12-14(2)20-13-22/h5-9,11-13H,4,10H2,1-3H3. The summed E-state index contributed by atoms with van der Waals surface area (Å²) in [6.45, 7) is 4.54. The summed E-state index contributed by atoms with van der Waals surface area (Å²) in [5.74, 6) is 1.47. The molecule has 2 heterocycles. The van der Waals surface area contributed by atoms with Crippen LogP contribution in [0.1, 0.15) is 23.9 Å². The van der Waals surface area contributed by atoms with E-state index >= 15 is 0 Å². The number of aromatic nitrogens is 3. The molecule has 3 rings (SSSR count). The fraction of sp³-hybridized carbons (Fsp3) is 0.263. The molecule has 2 aromatic heterocycles. The molecule has 0 saturated heterocycles. The van der Waals surface area contributed by atoms with Crippen molar-refractivity contribution in [2.24, 2.45) is 0 Å². The molecule has 3 aromatic rings. The highest BCUT2D eigenvalue weighted by molar-refractivity contribution is 5.49. The quantitative estimate of drug-likeness (QED) is 0.696. The zero-order chi connectivity index (χ0) is 16.9. The molecular weight excluding hydrogens is 302 g/mol. The van der Waals surface area contributed by atoms with E-state index in [9.17, 15) is 0 Å². The van der Waals surface area contributed by atoms with Gasteiger partial charge in [0.2, 0.25) is 5.88 Å². The Hall–Kier alpha value is -2.82. The molecule has 24 heavy (non-hydrogen) atoms. The van der Waals surface area contributed by atoms with Crippen LogP contribution < -0.4 is 9.47 Å². The number of aryl methyl sites for hydroxylation is 1. The molecule has 5 heteroatoms. The minimum absolute atomic E-state index is 0.614. The maximum absolute atomic E-state index is 5.56. The van der Waals surface area contributed by atoms with E-state index in [-0.39, 0.29) is 0 Å². The van der Waals surface area contributed by atoms with E-state index in [0.717, 1.165) is 34.8 Å². The summed E-state index contributed by atoms with van der Waals surface area (Å²) in [5.41, 5.74) is 4.04. The van der Waals surface area contributed by atoms with E-state index in [1.54, 1.807) is 13.4 Å². The van der Waals surface area contributed by atoms with Crippen molar-refractivity contribution in [1.29, 1.82) is 0 Å². The highest BCUT2D eigenvalue weighted by atomic mass is 16.5. The molecule has 0 spiro atoms. The van der Waals surface area contributed by atoms with Gasteiger partial charge in [-0.25, -0.2) is 9.97 Å². The highest BCUT2D eigenvalue weighted by Crippen LogP contribution is 2.25. The Morgan fingerprint density at radius 2 is 2.04 bits per heavy atom. The lowest BCUT2D eigenvalue weighted by Crippen LogP contribution is -2.00. The lowest BCUT2D eigenvalue weighted by molar-refractivity contribution is 0.326. The Bertz CT molecular complexity index is 827. The van der Waals surface area contributed by atoms with Crippen LogP contribution in [0, 0.1) is 6.92 Å².